The third-order valence-corrected chi connectivity index (χ3v) is 7.11. The molecule has 2 N–H and O–H groups in total. The summed E-state index contributed by atoms with van der Waals surface area (Å²) in [5, 5.41) is 0.222. The van der Waals surface area contributed by atoms with E-state index in [0.717, 1.165) is 6.07 Å². The molecule has 1 fully saturated rings. The molecule has 5 rings (SSSR count). The number of aromatic nitrogens is 1. The summed E-state index contributed by atoms with van der Waals surface area (Å²) in [4.78, 5) is 30.4. The number of nitrogen functional groups attached to an aromatic ring is 1. The molecule has 1 aliphatic heterocycles. The number of alkyl halides is 5. The van der Waals surface area contributed by atoms with Gasteiger partial charge in [0.25, 0.3) is 11.8 Å². The van der Waals surface area contributed by atoms with Gasteiger partial charge in [0.05, 0.1) is 5.56 Å². The van der Waals surface area contributed by atoms with Gasteiger partial charge in [0, 0.05) is 55.9 Å². The lowest BCUT2D eigenvalue weighted by atomic mass is 9.98. The number of furan rings is 1. The summed E-state index contributed by atoms with van der Waals surface area (Å²) in [6.45, 7) is -0.131. The van der Waals surface area contributed by atoms with Crippen molar-refractivity contribution in [3.8, 4) is 11.1 Å². The first-order valence-electron chi connectivity index (χ1n) is 13.2. The van der Waals surface area contributed by atoms with E-state index in [2.05, 4.69) is 4.98 Å². The number of amides is 1. The second-order valence-corrected chi connectivity index (χ2v) is 10.2. The summed E-state index contributed by atoms with van der Waals surface area (Å²) < 4.78 is 74.5. The number of ketones is 1. The summed E-state index contributed by atoms with van der Waals surface area (Å²) in [5.74, 6) is -2.85. The molecule has 0 saturated carbocycles. The van der Waals surface area contributed by atoms with Crippen molar-refractivity contribution in [2.45, 2.75) is 37.8 Å². The van der Waals surface area contributed by atoms with Gasteiger partial charge in [-0.05, 0) is 71.3 Å². The van der Waals surface area contributed by atoms with Crippen molar-refractivity contribution in [1.82, 2.24) is 9.88 Å². The van der Waals surface area contributed by atoms with Crippen LogP contribution >= 0.6 is 0 Å². The highest BCUT2D eigenvalue weighted by atomic mass is 19.4. The molecule has 218 valence electrons. The molecule has 0 radical (unpaired) electrons. The molecule has 2 aromatic heterocycles. The number of carbonyl (C=O) groups excluding carboxylic acids is 2. The summed E-state index contributed by atoms with van der Waals surface area (Å²) in [5.41, 5.74) is 5.89. The molecule has 1 aliphatic rings. The molecule has 1 amide bonds. The molecule has 6 nitrogen and oxygen atoms in total. The highest BCUT2D eigenvalue weighted by Gasteiger charge is 2.36. The van der Waals surface area contributed by atoms with Crippen LogP contribution in [0.15, 0.2) is 71.3 Å². The van der Waals surface area contributed by atoms with Crippen LogP contribution in [-0.2, 0) is 17.4 Å². The van der Waals surface area contributed by atoms with Gasteiger partial charge >= 0.3 is 6.18 Å². The van der Waals surface area contributed by atoms with Crippen molar-refractivity contribution in [2.24, 2.45) is 0 Å². The molecule has 0 atom stereocenters. The number of nitrogens with zero attached hydrogens (tertiary/aromatic N) is 2. The fraction of sp³-hybridized carbons (Fsp3) is 0.258. The molecule has 0 aliphatic carbocycles. The molecule has 3 heterocycles. The second kappa shape index (κ2) is 11.4. The Bertz CT molecular complexity index is 1630. The minimum Gasteiger partial charge on any atom is -0.460 e. The van der Waals surface area contributed by atoms with E-state index in [-0.39, 0.29) is 59.6 Å². The Morgan fingerprint density at radius 2 is 1.71 bits per heavy atom. The van der Waals surface area contributed by atoms with E-state index in [1.165, 1.54) is 47.5 Å². The van der Waals surface area contributed by atoms with E-state index in [1.54, 1.807) is 24.3 Å². The number of allylic oxidation sites excluding steroid dienone is 1. The van der Waals surface area contributed by atoms with Crippen LogP contribution in [0.2, 0.25) is 0 Å². The molecular weight excluding hydrogens is 557 g/mol. The zero-order valence-corrected chi connectivity index (χ0v) is 22.3. The van der Waals surface area contributed by atoms with Gasteiger partial charge in [0.15, 0.2) is 5.78 Å². The molecule has 0 spiro atoms. The van der Waals surface area contributed by atoms with Crippen molar-refractivity contribution in [1.29, 1.82) is 0 Å². The number of pyridine rings is 1. The predicted molar refractivity (Wildman–Crippen MR) is 148 cm³/mol. The maximum absolute atomic E-state index is 14.0. The van der Waals surface area contributed by atoms with Gasteiger partial charge in [-0.3, -0.25) is 9.59 Å². The molecule has 11 heteroatoms. The van der Waals surface area contributed by atoms with E-state index < -0.39 is 36.4 Å². The Kier molecular flexibility index (Phi) is 7.85. The lowest BCUT2D eigenvalue weighted by Gasteiger charge is -2.31. The third kappa shape index (κ3) is 6.67. The monoisotopic (exact) mass is 583 g/mol. The van der Waals surface area contributed by atoms with Crippen molar-refractivity contribution in [3.63, 3.8) is 0 Å². The zero-order chi connectivity index (χ0) is 30.1. The van der Waals surface area contributed by atoms with Crippen molar-refractivity contribution in [3.05, 3.63) is 89.3 Å². The number of halogens is 5. The maximum Gasteiger partial charge on any atom is 0.420 e. The molecule has 42 heavy (non-hydrogen) atoms. The van der Waals surface area contributed by atoms with Crippen LogP contribution in [0.1, 0.15) is 46.5 Å². The Labute approximate surface area is 237 Å². The minimum absolute atomic E-state index is 0.0249. The van der Waals surface area contributed by atoms with Crippen LogP contribution in [0, 0.1) is 0 Å². The van der Waals surface area contributed by atoms with E-state index in [1.807, 2.05) is 0 Å². The second-order valence-electron chi connectivity index (χ2n) is 10.2. The number of nitrogens with two attached hydrogens (primary N) is 1. The lowest BCUT2D eigenvalue weighted by molar-refractivity contribution is -0.136. The average Bonchev–Trinajstić information content (AvgIpc) is 3.37. The molecular formula is C31H26F5N3O3. The fourth-order valence-corrected chi connectivity index (χ4v) is 4.77. The summed E-state index contributed by atoms with van der Waals surface area (Å²) in [7, 11) is 0. The van der Waals surface area contributed by atoms with Crippen LogP contribution in [0.3, 0.4) is 0 Å². The molecule has 1 saturated heterocycles. The summed E-state index contributed by atoms with van der Waals surface area (Å²) in [6, 6.07) is 13.3. The number of hydrogen-bond acceptors (Lipinski definition) is 5. The van der Waals surface area contributed by atoms with Crippen molar-refractivity contribution >= 4 is 34.6 Å². The Morgan fingerprint density at radius 3 is 2.36 bits per heavy atom. The van der Waals surface area contributed by atoms with E-state index >= 15 is 0 Å². The first-order valence-corrected chi connectivity index (χ1v) is 13.2. The normalized spacial score (nSPS) is 15.4. The Hall–Kier alpha value is -4.54. The SMILES string of the molecule is Nc1ccc(/C=C/C(=O)CCc2cc3cc(-c4ccc(C(=O)N5CCC(F)(F)CC5)cc4)cc(C(F)(F)F)c3o2)cn1. The smallest absolute Gasteiger partial charge is 0.420 e. The van der Waals surface area contributed by atoms with Crippen LogP contribution < -0.4 is 5.73 Å². The molecule has 0 unspecified atom stereocenters. The van der Waals surface area contributed by atoms with Crippen LogP contribution in [0.4, 0.5) is 27.8 Å². The zero-order valence-electron chi connectivity index (χ0n) is 22.3. The summed E-state index contributed by atoms with van der Waals surface area (Å²) in [6.07, 6.45) is -0.943. The lowest BCUT2D eigenvalue weighted by Crippen LogP contribution is -2.42. The van der Waals surface area contributed by atoms with E-state index in [9.17, 15) is 31.5 Å². The number of carbonyl (C=O) groups is 2. The van der Waals surface area contributed by atoms with E-state index in [4.69, 9.17) is 10.2 Å². The van der Waals surface area contributed by atoms with Gasteiger partial charge in [-0.2, -0.15) is 13.2 Å². The largest absolute Gasteiger partial charge is 0.460 e. The van der Waals surface area contributed by atoms with Gasteiger partial charge in [0.1, 0.15) is 17.2 Å². The number of likely N-dealkylation sites (tertiary alicyclic amines) is 1. The number of anilines is 1. The standard InChI is InChI=1S/C31H26F5N3O3/c32-30(33)11-13-39(14-12-30)29(41)21-5-3-20(4-6-21)22-15-23-16-25(42-28(23)26(17-22)31(34,35)36)9-8-24(40)7-1-19-2-10-27(37)38-18-19/h1-7,10,15-18H,8-9,11-14H2,(H2,37,38)/b7-1+. The van der Waals surface area contributed by atoms with Gasteiger partial charge < -0.3 is 15.1 Å². The molecule has 2 aromatic carbocycles. The fourth-order valence-electron chi connectivity index (χ4n) is 4.77. The Morgan fingerprint density at radius 1 is 1.00 bits per heavy atom. The minimum atomic E-state index is -4.71. The van der Waals surface area contributed by atoms with Gasteiger partial charge in [-0.1, -0.05) is 12.1 Å². The quantitative estimate of drug-likeness (QED) is 0.184. The average molecular weight is 584 g/mol. The highest BCUT2D eigenvalue weighted by molar-refractivity contribution is 5.95. The highest BCUT2D eigenvalue weighted by Crippen LogP contribution is 2.39. The van der Waals surface area contributed by atoms with Gasteiger partial charge in [-0.15, -0.1) is 0 Å². The number of benzene rings is 2. The van der Waals surface area contributed by atoms with Crippen LogP contribution in [0.5, 0.6) is 0 Å². The topological polar surface area (TPSA) is 89.4 Å². The first kappa shape index (κ1) is 29.0. The number of aryl methyl sites for hydroxylation is 1. The number of piperidine rings is 1. The first-order chi connectivity index (χ1) is 19.9. The maximum atomic E-state index is 14.0. The van der Waals surface area contributed by atoms with E-state index in [0.29, 0.717) is 16.9 Å². The molecule has 0 bridgehead atoms. The third-order valence-electron chi connectivity index (χ3n) is 7.11. The summed E-state index contributed by atoms with van der Waals surface area (Å²) >= 11 is 0. The number of fused-ring (bicyclic) bond motifs is 1. The van der Waals surface area contributed by atoms with Crippen LogP contribution in [-0.4, -0.2) is 40.6 Å². The van der Waals surface area contributed by atoms with Gasteiger partial charge in [0.2, 0.25) is 0 Å². The predicted octanol–water partition coefficient (Wildman–Crippen LogP) is 7.18. The Balaban J connectivity index is 1.33. The number of rotatable bonds is 7. The van der Waals surface area contributed by atoms with Gasteiger partial charge in [-0.25, -0.2) is 13.8 Å². The number of hydrogen-bond donors (Lipinski definition) is 1. The van der Waals surface area contributed by atoms with Crippen molar-refractivity contribution < 1.29 is 36.0 Å². The van der Waals surface area contributed by atoms with Crippen LogP contribution in [0.25, 0.3) is 28.2 Å². The molecule has 4 aromatic rings. The van der Waals surface area contributed by atoms with Crippen molar-refractivity contribution in [2.75, 3.05) is 18.8 Å².